The molecule has 1 N–H and O–H groups in total. The van der Waals surface area contributed by atoms with Crippen LogP contribution in [-0.2, 0) is 4.79 Å². The SMILES string of the molecule is CC(C(=O)Nc1nc(-c2ccco2)cs1)n1nc(-c2cccnc2)ccc1=O. The maximum absolute atomic E-state index is 12.6. The van der Waals surface area contributed by atoms with Gasteiger partial charge in [-0.1, -0.05) is 0 Å². The van der Waals surface area contributed by atoms with Crippen LogP contribution in [0, 0.1) is 0 Å². The lowest BCUT2D eigenvalue weighted by Crippen LogP contribution is -2.33. The highest BCUT2D eigenvalue weighted by atomic mass is 32.1. The number of pyridine rings is 1. The molecule has 0 radical (unpaired) electrons. The van der Waals surface area contributed by atoms with E-state index < -0.39 is 11.9 Å². The summed E-state index contributed by atoms with van der Waals surface area (Å²) in [6, 6.07) is 9.34. The van der Waals surface area contributed by atoms with E-state index in [1.165, 1.54) is 17.4 Å². The predicted molar refractivity (Wildman–Crippen MR) is 105 cm³/mol. The predicted octanol–water partition coefficient (Wildman–Crippen LogP) is 3.22. The summed E-state index contributed by atoms with van der Waals surface area (Å²) in [5.41, 5.74) is 1.58. The van der Waals surface area contributed by atoms with Crippen molar-refractivity contribution >= 4 is 22.4 Å². The first-order valence-electron chi connectivity index (χ1n) is 8.42. The maximum atomic E-state index is 12.6. The van der Waals surface area contributed by atoms with Gasteiger partial charge < -0.3 is 9.73 Å². The lowest BCUT2D eigenvalue weighted by atomic mass is 10.2. The maximum Gasteiger partial charge on any atom is 0.267 e. The molecule has 4 rings (SSSR count). The molecular weight excluding hydrogens is 378 g/mol. The van der Waals surface area contributed by atoms with Crippen LogP contribution in [0.4, 0.5) is 5.13 Å². The molecule has 0 bridgehead atoms. The molecule has 0 aliphatic heterocycles. The molecule has 8 nitrogen and oxygen atoms in total. The molecule has 28 heavy (non-hydrogen) atoms. The fraction of sp³-hybridized carbons (Fsp3) is 0.105. The van der Waals surface area contributed by atoms with Gasteiger partial charge in [0.15, 0.2) is 10.9 Å². The minimum absolute atomic E-state index is 0.370. The van der Waals surface area contributed by atoms with Gasteiger partial charge in [-0.05, 0) is 37.3 Å². The van der Waals surface area contributed by atoms with E-state index in [0.717, 1.165) is 10.2 Å². The number of furan rings is 1. The number of nitrogens with zero attached hydrogens (tertiary/aromatic N) is 4. The summed E-state index contributed by atoms with van der Waals surface area (Å²) < 4.78 is 6.45. The van der Waals surface area contributed by atoms with E-state index in [0.29, 0.717) is 22.3 Å². The van der Waals surface area contributed by atoms with Gasteiger partial charge in [0.05, 0.1) is 12.0 Å². The van der Waals surface area contributed by atoms with Crippen molar-refractivity contribution in [3.8, 4) is 22.7 Å². The number of hydrogen-bond donors (Lipinski definition) is 1. The molecule has 140 valence electrons. The van der Waals surface area contributed by atoms with Crippen LogP contribution in [-0.4, -0.2) is 25.7 Å². The molecule has 0 aliphatic rings. The molecule has 9 heteroatoms. The van der Waals surface area contributed by atoms with Crippen LogP contribution in [0.1, 0.15) is 13.0 Å². The van der Waals surface area contributed by atoms with E-state index >= 15 is 0 Å². The van der Waals surface area contributed by atoms with E-state index in [2.05, 4.69) is 20.4 Å². The van der Waals surface area contributed by atoms with E-state index in [4.69, 9.17) is 4.42 Å². The second-order valence-corrected chi connectivity index (χ2v) is 6.78. The molecular formula is C19H15N5O3S. The first-order chi connectivity index (χ1) is 13.6. The van der Waals surface area contributed by atoms with Crippen molar-refractivity contribution in [1.82, 2.24) is 19.7 Å². The van der Waals surface area contributed by atoms with Gasteiger partial charge in [-0.25, -0.2) is 9.67 Å². The summed E-state index contributed by atoms with van der Waals surface area (Å²) in [5.74, 6) is 0.227. The Balaban J connectivity index is 1.55. The number of anilines is 1. The lowest BCUT2D eigenvalue weighted by Gasteiger charge is -2.13. The second kappa shape index (κ2) is 7.57. The molecule has 4 aromatic heterocycles. The molecule has 4 aromatic rings. The number of nitrogens with one attached hydrogen (secondary N) is 1. The number of carbonyl (C=O) groups excluding carboxylic acids is 1. The van der Waals surface area contributed by atoms with Crippen molar-refractivity contribution in [3.05, 3.63) is 70.8 Å². The van der Waals surface area contributed by atoms with Gasteiger partial charge in [0.2, 0.25) is 0 Å². The lowest BCUT2D eigenvalue weighted by molar-refractivity contribution is -0.119. The minimum atomic E-state index is -0.819. The summed E-state index contributed by atoms with van der Waals surface area (Å²) >= 11 is 1.27. The Bertz CT molecular complexity index is 1150. The second-order valence-electron chi connectivity index (χ2n) is 5.92. The van der Waals surface area contributed by atoms with Gasteiger partial charge in [0.1, 0.15) is 11.7 Å². The summed E-state index contributed by atoms with van der Waals surface area (Å²) in [6.07, 6.45) is 4.86. The number of aromatic nitrogens is 4. The molecule has 4 heterocycles. The number of carbonyl (C=O) groups is 1. The van der Waals surface area contributed by atoms with Crippen molar-refractivity contribution in [1.29, 1.82) is 0 Å². The Morgan fingerprint density at radius 2 is 2.11 bits per heavy atom. The Labute approximate surface area is 163 Å². The zero-order chi connectivity index (χ0) is 19.5. The number of amides is 1. The van der Waals surface area contributed by atoms with E-state index in [9.17, 15) is 9.59 Å². The topological polar surface area (TPSA) is 103 Å². The van der Waals surface area contributed by atoms with Crippen molar-refractivity contribution < 1.29 is 9.21 Å². The zero-order valence-electron chi connectivity index (χ0n) is 14.8. The first kappa shape index (κ1) is 17.8. The Kier molecular flexibility index (Phi) is 4.81. The van der Waals surface area contributed by atoms with Gasteiger partial charge >= 0.3 is 0 Å². The Hall–Kier alpha value is -3.59. The average Bonchev–Trinajstić information content (AvgIpc) is 3.40. The molecule has 0 aliphatic carbocycles. The van der Waals surface area contributed by atoms with Gasteiger partial charge in [-0.15, -0.1) is 11.3 Å². The zero-order valence-corrected chi connectivity index (χ0v) is 15.6. The van der Waals surface area contributed by atoms with Gasteiger partial charge in [-0.3, -0.25) is 14.6 Å². The summed E-state index contributed by atoms with van der Waals surface area (Å²) in [4.78, 5) is 33.3. The Morgan fingerprint density at radius 1 is 1.21 bits per heavy atom. The standard InChI is InChI=1S/C19H15N5O3S/c1-12(18(26)22-19-21-15(11-28-19)16-5-3-9-27-16)24-17(25)7-6-14(23-24)13-4-2-8-20-10-13/h2-12H,1H3,(H,21,22,26). The van der Waals surface area contributed by atoms with Crippen LogP contribution in [0.15, 0.2) is 69.6 Å². The van der Waals surface area contributed by atoms with Crippen molar-refractivity contribution in [2.75, 3.05) is 5.32 Å². The van der Waals surface area contributed by atoms with Crippen LogP contribution in [0.3, 0.4) is 0 Å². The molecule has 0 spiro atoms. The van der Waals surface area contributed by atoms with E-state index in [1.807, 2.05) is 6.07 Å². The smallest absolute Gasteiger partial charge is 0.267 e. The summed E-state index contributed by atoms with van der Waals surface area (Å²) in [7, 11) is 0. The molecule has 0 saturated carbocycles. The molecule has 1 amide bonds. The van der Waals surface area contributed by atoms with Crippen molar-refractivity contribution in [2.24, 2.45) is 0 Å². The van der Waals surface area contributed by atoms with E-state index in [1.54, 1.807) is 55.2 Å². The molecule has 1 atom stereocenters. The highest BCUT2D eigenvalue weighted by Gasteiger charge is 2.20. The van der Waals surface area contributed by atoms with Crippen molar-refractivity contribution in [3.63, 3.8) is 0 Å². The van der Waals surface area contributed by atoms with Crippen molar-refractivity contribution in [2.45, 2.75) is 13.0 Å². The highest BCUT2D eigenvalue weighted by Crippen LogP contribution is 2.25. The fourth-order valence-corrected chi connectivity index (χ4v) is 3.26. The van der Waals surface area contributed by atoms with Gasteiger partial charge in [0, 0.05) is 29.4 Å². The van der Waals surface area contributed by atoms with Crippen LogP contribution < -0.4 is 10.9 Å². The molecule has 0 saturated heterocycles. The van der Waals surface area contributed by atoms with Crippen LogP contribution in [0.25, 0.3) is 22.7 Å². The van der Waals surface area contributed by atoms with E-state index in [-0.39, 0.29) is 5.56 Å². The summed E-state index contributed by atoms with van der Waals surface area (Å²) in [5, 5.41) is 9.25. The molecule has 0 aromatic carbocycles. The first-order valence-corrected chi connectivity index (χ1v) is 9.30. The third-order valence-electron chi connectivity index (χ3n) is 4.04. The third kappa shape index (κ3) is 3.60. The van der Waals surface area contributed by atoms with Crippen LogP contribution >= 0.6 is 11.3 Å². The fourth-order valence-electron chi connectivity index (χ4n) is 2.56. The normalized spacial score (nSPS) is 11.9. The van der Waals surface area contributed by atoms with Gasteiger partial charge in [0.25, 0.3) is 11.5 Å². The quantitative estimate of drug-likeness (QED) is 0.558. The Morgan fingerprint density at radius 3 is 2.86 bits per heavy atom. The molecule has 1 unspecified atom stereocenters. The largest absolute Gasteiger partial charge is 0.463 e. The number of hydrogen-bond acceptors (Lipinski definition) is 7. The number of thiazole rings is 1. The average molecular weight is 393 g/mol. The molecule has 0 fully saturated rings. The number of rotatable bonds is 5. The highest BCUT2D eigenvalue weighted by molar-refractivity contribution is 7.14. The van der Waals surface area contributed by atoms with Crippen LogP contribution in [0.2, 0.25) is 0 Å². The van der Waals surface area contributed by atoms with Crippen LogP contribution in [0.5, 0.6) is 0 Å². The minimum Gasteiger partial charge on any atom is -0.463 e. The van der Waals surface area contributed by atoms with Gasteiger partial charge in [-0.2, -0.15) is 5.10 Å². The summed E-state index contributed by atoms with van der Waals surface area (Å²) in [6.45, 7) is 1.61. The third-order valence-corrected chi connectivity index (χ3v) is 4.79. The monoisotopic (exact) mass is 393 g/mol.